The van der Waals surface area contributed by atoms with E-state index in [1.54, 1.807) is 0 Å². The van der Waals surface area contributed by atoms with Crippen LogP contribution in [-0.2, 0) is 14.3 Å². The Balaban J connectivity index is 2.47. The van der Waals surface area contributed by atoms with Gasteiger partial charge in [-0.05, 0) is 18.9 Å². The molecule has 4 atom stereocenters. The van der Waals surface area contributed by atoms with Gasteiger partial charge in [0.25, 0.3) is 17.5 Å². The van der Waals surface area contributed by atoms with Crippen LogP contribution in [-0.4, -0.2) is 68.6 Å². The molecule has 3 aliphatic rings. The molecule has 118 valence electrons. The molecule has 9 nitrogen and oxygen atoms in total. The molecule has 3 aliphatic heterocycles. The van der Waals surface area contributed by atoms with E-state index >= 15 is 0 Å². The van der Waals surface area contributed by atoms with Gasteiger partial charge in [-0.1, -0.05) is 6.58 Å². The number of carbonyl (C=O) groups excluding carboxylic acids is 2. The number of hydrogen-bond donors (Lipinski definition) is 6. The maximum absolute atomic E-state index is 12.2. The van der Waals surface area contributed by atoms with E-state index in [1.165, 1.54) is 0 Å². The lowest BCUT2D eigenvalue weighted by Gasteiger charge is -2.49. The summed E-state index contributed by atoms with van der Waals surface area (Å²) in [6.45, 7) is 3.59. The van der Waals surface area contributed by atoms with Gasteiger partial charge < -0.3 is 35.8 Å². The van der Waals surface area contributed by atoms with E-state index in [-0.39, 0.29) is 18.6 Å². The molecule has 0 spiro atoms. The van der Waals surface area contributed by atoms with Gasteiger partial charge in [-0.25, -0.2) is 0 Å². The van der Waals surface area contributed by atoms with E-state index in [4.69, 9.17) is 9.84 Å². The molecule has 0 aromatic rings. The van der Waals surface area contributed by atoms with E-state index in [2.05, 4.69) is 11.9 Å². The van der Waals surface area contributed by atoms with Gasteiger partial charge in [0.05, 0.1) is 13.2 Å². The standard InChI is InChI=1S/C12H18N2O7/c1-6-3-4-21-12(7(16)10(2,19)5-15)9(18)13-11(6,20)8(17)14-12/h7,15-16,19-20H,1,3-5H2,2H3,(H,13,18)(H,14,17)/t7?,10?,11-,12+/m1/s1. The number of fused-ring (bicyclic) bond motifs is 5. The minimum Gasteiger partial charge on any atom is -0.393 e. The summed E-state index contributed by atoms with van der Waals surface area (Å²) in [6, 6.07) is 0. The molecule has 2 amide bonds. The van der Waals surface area contributed by atoms with Gasteiger partial charge in [0.2, 0.25) is 5.72 Å². The van der Waals surface area contributed by atoms with Crippen LogP contribution in [0.5, 0.6) is 0 Å². The molecule has 3 fully saturated rings. The molecule has 3 rings (SSSR count). The summed E-state index contributed by atoms with van der Waals surface area (Å²) < 4.78 is 5.27. The second kappa shape index (κ2) is 4.75. The van der Waals surface area contributed by atoms with Crippen LogP contribution in [0.1, 0.15) is 13.3 Å². The smallest absolute Gasteiger partial charge is 0.280 e. The van der Waals surface area contributed by atoms with Gasteiger partial charge in [-0.15, -0.1) is 0 Å². The van der Waals surface area contributed by atoms with Crippen LogP contribution in [0.4, 0.5) is 0 Å². The Labute approximate surface area is 120 Å². The highest BCUT2D eigenvalue weighted by Gasteiger charge is 2.63. The van der Waals surface area contributed by atoms with Crippen LogP contribution in [0.2, 0.25) is 0 Å². The lowest BCUT2D eigenvalue weighted by Crippen LogP contribution is -2.82. The number of aliphatic hydroxyl groups excluding tert-OH is 2. The maximum Gasteiger partial charge on any atom is 0.280 e. The first-order valence-corrected chi connectivity index (χ1v) is 6.31. The van der Waals surface area contributed by atoms with Crippen molar-refractivity contribution in [2.75, 3.05) is 13.2 Å². The Morgan fingerprint density at radius 2 is 2.05 bits per heavy atom. The van der Waals surface area contributed by atoms with Gasteiger partial charge in [-0.3, -0.25) is 9.59 Å². The number of aliphatic hydroxyl groups is 4. The Hall–Kier alpha value is -1.52. The third kappa shape index (κ3) is 2.14. The molecule has 3 saturated heterocycles. The van der Waals surface area contributed by atoms with Crippen LogP contribution in [0.3, 0.4) is 0 Å². The summed E-state index contributed by atoms with van der Waals surface area (Å²) in [6.07, 6.45) is -1.91. The zero-order valence-corrected chi connectivity index (χ0v) is 11.4. The number of carbonyl (C=O) groups is 2. The van der Waals surface area contributed by atoms with E-state index in [1.807, 2.05) is 5.32 Å². The van der Waals surface area contributed by atoms with Crippen LogP contribution < -0.4 is 10.6 Å². The molecule has 2 unspecified atom stereocenters. The van der Waals surface area contributed by atoms with Crippen LogP contribution >= 0.6 is 0 Å². The first kappa shape index (κ1) is 15.9. The Kier molecular flexibility index (Phi) is 3.59. The van der Waals surface area contributed by atoms with E-state index in [0.717, 1.165) is 6.92 Å². The van der Waals surface area contributed by atoms with Crippen molar-refractivity contribution in [3.05, 3.63) is 12.2 Å². The fraction of sp³-hybridized carbons (Fsp3) is 0.667. The van der Waals surface area contributed by atoms with Crippen molar-refractivity contribution >= 4 is 11.8 Å². The summed E-state index contributed by atoms with van der Waals surface area (Å²) >= 11 is 0. The second-order valence-corrected chi connectivity index (χ2v) is 5.47. The predicted molar refractivity (Wildman–Crippen MR) is 67.4 cm³/mol. The van der Waals surface area contributed by atoms with E-state index in [0.29, 0.717) is 0 Å². The lowest BCUT2D eigenvalue weighted by molar-refractivity contribution is -0.230. The summed E-state index contributed by atoms with van der Waals surface area (Å²) in [7, 11) is 0. The monoisotopic (exact) mass is 302 g/mol. The highest BCUT2D eigenvalue weighted by Crippen LogP contribution is 2.32. The van der Waals surface area contributed by atoms with Gasteiger partial charge in [0.1, 0.15) is 11.7 Å². The minimum atomic E-state index is -2.31. The minimum absolute atomic E-state index is 0.0325. The van der Waals surface area contributed by atoms with Crippen LogP contribution in [0.25, 0.3) is 0 Å². The van der Waals surface area contributed by atoms with Crippen molar-refractivity contribution in [2.24, 2.45) is 0 Å². The van der Waals surface area contributed by atoms with Gasteiger partial charge in [-0.2, -0.15) is 0 Å². The quantitative estimate of drug-likeness (QED) is 0.299. The fourth-order valence-corrected chi connectivity index (χ4v) is 2.29. The summed E-state index contributed by atoms with van der Waals surface area (Å²) in [5.41, 5.74) is -6.69. The average Bonchev–Trinajstić information content (AvgIpc) is 2.42. The molecule has 21 heavy (non-hydrogen) atoms. The maximum atomic E-state index is 12.2. The third-order valence-electron chi connectivity index (χ3n) is 3.80. The Morgan fingerprint density at radius 3 is 2.62 bits per heavy atom. The number of ether oxygens (including phenoxy) is 1. The molecule has 0 aromatic carbocycles. The molecule has 0 saturated carbocycles. The fourth-order valence-electron chi connectivity index (χ4n) is 2.29. The van der Waals surface area contributed by atoms with Crippen LogP contribution in [0.15, 0.2) is 12.2 Å². The van der Waals surface area contributed by atoms with Gasteiger partial charge >= 0.3 is 0 Å². The molecule has 2 bridgehead atoms. The molecular formula is C12H18N2O7. The summed E-state index contributed by atoms with van der Waals surface area (Å²) in [5, 5.41) is 43.6. The van der Waals surface area contributed by atoms with Crippen molar-refractivity contribution in [2.45, 2.75) is 36.5 Å². The SMILES string of the molecule is C=C1CCO[C@]2(C(O)C(C)(O)CO)NC(=O)[C@@]1(O)NC2=O. The van der Waals surface area contributed by atoms with Gasteiger partial charge in [0, 0.05) is 0 Å². The summed E-state index contributed by atoms with van der Waals surface area (Å²) in [4.78, 5) is 24.3. The molecule has 6 N–H and O–H groups in total. The molecular weight excluding hydrogens is 284 g/mol. The highest BCUT2D eigenvalue weighted by atomic mass is 16.5. The number of nitrogens with one attached hydrogen (secondary N) is 2. The van der Waals surface area contributed by atoms with Crippen molar-refractivity contribution in [3.8, 4) is 0 Å². The number of rotatable bonds is 3. The Bertz CT molecular complexity index is 506. The number of amides is 2. The van der Waals surface area contributed by atoms with Crippen molar-refractivity contribution in [1.82, 2.24) is 10.6 Å². The highest BCUT2D eigenvalue weighted by molar-refractivity contribution is 6.02. The number of hydrogen-bond acceptors (Lipinski definition) is 7. The average molecular weight is 302 g/mol. The largest absolute Gasteiger partial charge is 0.393 e. The lowest BCUT2D eigenvalue weighted by atomic mass is 9.85. The zero-order valence-electron chi connectivity index (χ0n) is 11.4. The van der Waals surface area contributed by atoms with Crippen molar-refractivity contribution in [3.63, 3.8) is 0 Å². The van der Waals surface area contributed by atoms with Crippen LogP contribution in [0, 0.1) is 0 Å². The Morgan fingerprint density at radius 1 is 1.43 bits per heavy atom. The van der Waals surface area contributed by atoms with Gasteiger partial charge in [0.15, 0.2) is 0 Å². The van der Waals surface area contributed by atoms with E-state index in [9.17, 15) is 24.9 Å². The molecule has 0 aliphatic carbocycles. The number of piperazine rings is 1. The normalized spacial score (nSPS) is 37.1. The predicted octanol–water partition coefficient (Wildman–Crippen LogP) is -3.30. The molecule has 3 heterocycles. The molecule has 9 heteroatoms. The topological polar surface area (TPSA) is 148 Å². The second-order valence-electron chi connectivity index (χ2n) is 5.47. The molecule has 0 aromatic heterocycles. The molecule has 0 radical (unpaired) electrons. The van der Waals surface area contributed by atoms with Crippen molar-refractivity contribution in [1.29, 1.82) is 0 Å². The first-order valence-electron chi connectivity index (χ1n) is 6.31. The summed E-state index contributed by atoms with van der Waals surface area (Å²) in [5.74, 6) is -2.09. The zero-order chi connectivity index (χ0) is 16.1. The third-order valence-corrected chi connectivity index (χ3v) is 3.80. The van der Waals surface area contributed by atoms with E-state index < -0.39 is 41.6 Å². The van der Waals surface area contributed by atoms with Crippen molar-refractivity contribution < 1.29 is 34.8 Å². The first-order chi connectivity index (χ1) is 9.60.